The maximum atomic E-state index is 12.0. The van der Waals surface area contributed by atoms with Gasteiger partial charge in [-0.2, -0.15) is 13.2 Å². The topological polar surface area (TPSA) is 69.2 Å². The summed E-state index contributed by atoms with van der Waals surface area (Å²) in [6, 6.07) is 3.62. The van der Waals surface area contributed by atoms with Gasteiger partial charge in [-0.1, -0.05) is 12.1 Å². The summed E-state index contributed by atoms with van der Waals surface area (Å²) in [5.74, 6) is 0. The number of benzene rings is 1. The molecule has 16 heavy (non-hydrogen) atoms. The standard InChI is InChI=1S/C9H9F3N2O2/c10-9(11,12)5-8(13)6-2-1-3-7(4-6)14(15)16/h1-4,8H,5,13H2/t8-/m0/s1. The van der Waals surface area contributed by atoms with Crippen LogP contribution in [-0.2, 0) is 0 Å². The van der Waals surface area contributed by atoms with Crippen LogP contribution in [0, 0.1) is 10.1 Å². The summed E-state index contributed by atoms with van der Waals surface area (Å²) in [4.78, 5) is 9.73. The van der Waals surface area contributed by atoms with Gasteiger partial charge in [0.25, 0.3) is 5.69 Å². The lowest BCUT2D eigenvalue weighted by molar-refractivity contribution is -0.384. The van der Waals surface area contributed by atoms with Crippen LogP contribution in [-0.4, -0.2) is 11.1 Å². The van der Waals surface area contributed by atoms with Crippen molar-refractivity contribution >= 4 is 5.69 Å². The number of hydrogen-bond acceptors (Lipinski definition) is 3. The average Bonchev–Trinajstić information content (AvgIpc) is 2.15. The molecule has 2 N–H and O–H groups in total. The molecule has 1 rings (SSSR count). The first-order chi connectivity index (χ1) is 7.29. The summed E-state index contributed by atoms with van der Waals surface area (Å²) >= 11 is 0. The molecule has 4 nitrogen and oxygen atoms in total. The fourth-order valence-corrected chi connectivity index (χ4v) is 1.24. The number of halogens is 3. The number of alkyl halides is 3. The molecule has 0 amide bonds. The Morgan fingerprint density at radius 3 is 2.56 bits per heavy atom. The van der Waals surface area contributed by atoms with E-state index in [9.17, 15) is 23.3 Å². The van der Waals surface area contributed by atoms with Gasteiger partial charge in [0.1, 0.15) is 0 Å². The molecule has 7 heteroatoms. The summed E-state index contributed by atoms with van der Waals surface area (Å²) in [6.45, 7) is 0. The Hall–Kier alpha value is -1.63. The Labute approximate surface area is 89.0 Å². The minimum Gasteiger partial charge on any atom is -0.324 e. The van der Waals surface area contributed by atoms with E-state index in [1.165, 1.54) is 18.2 Å². The fourth-order valence-electron chi connectivity index (χ4n) is 1.24. The van der Waals surface area contributed by atoms with Gasteiger partial charge < -0.3 is 5.73 Å². The number of nitrogens with zero attached hydrogens (tertiary/aromatic N) is 1. The van der Waals surface area contributed by atoms with Gasteiger partial charge in [0.2, 0.25) is 0 Å². The van der Waals surface area contributed by atoms with E-state index in [0.717, 1.165) is 6.07 Å². The van der Waals surface area contributed by atoms with Crippen LogP contribution in [0.4, 0.5) is 18.9 Å². The highest BCUT2D eigenvalue weighted by Crippen LogP contribution is 2.29. The normalized spacial score (nSPS) is 13.5. The van der Waals surface area contributed by atoms with E-state index >= 15 is 0 Å². The molecule has 0 spiro atoms. The van der Waals surface area contributed by atoms with Crippen molar-refractivity contribution in [3.8, 4) is 0 Å². The van der Waals surface area contributed by atoms with Crippen LogP contribution in [0.25, 0.3) is 0 Å². The maximum Gasteiger partial charge on any atom is 0.390 e. The first-order valence-electron chi connectivity index (χ1n) is 4.36. The number of nitrogens with two attached hydrogens (primary N) is 1. The number of nitro groups is 1. The molecular formula is C9H9F3N2O2. The van der Waals surface area contributed by atoms with Crippen LogP contribution in [0.1, 0.15) is 18.0 Å². The molecule has 0 aliphatic heterocycles. The lowest BCUT2D eigenvalue weighted by Crippen LogP contribution is -2.20. The van der Waals surface area contributed by atoms with Crippen molar-refractivity contribution in [2.24, 2.45) is 5.73 Å². The Bertz CT molecular complexity index is 393. The van der Waals surface area contributed by atoms with Crippen LogP contribution < -0.4 is 5.73 Å². The van der Waals surface area contributed by atoms with E-state index in [1.807, 2.05) is 0 Å². The van der Waals surface area contributed by atoms with Gasteiger partial charge in [0.15, 0.2) is 0 Å². The van der Waals surface area contributed by atoms with Crippen molar-refractivity contribution in [3.63, 3.8) is 0 Å². The second-order valence-electron chi connectivity index (χ2n) is 3.28. The van der Waals surface area contributed by atoms with Gasteiger partial charge in [-0.25, -0.2) is 0 Å². The van der Waals surface area contributed by atoms with Gasteiger partial charge in [0.05, 0.1) is 11.3 Å². The number of rotatable bonds is 3. The summed E-state index contributed by atoms with van der Waals surface area (Å²) in [5, 5.41) is 10.4. The predicted molar refractivity (Wildman–Crippen MR) is 50.7 cm³/mol. The number of non-ortho nitro benzene ring substituents is 1. The molecule has 0 radical (unpaired) electrons. The van der Waals surface area contributed by atoms with Crippen LogP contribution in [0.5, 0.6) is 0 Å². The van der Waals surface area contributed by atoms with E-state index in [1.54, 1.807) is 0 Å². The molecule has 0 fully saturated rings. The first kappa shape index (κ1) is 12.4. The largest absolute Gasteiger partial charge is 0.390 e. The maximum absolute atomic E-state index is 12.0. The van der Waals surface area contributed by atoms with Gasteiger partial charge in [0, 0.05) is 18.2 Å². The van der Waals surface area contributed by atoms with Gasteiger partial charge in [-0.3, -0.25) is 10.1 Å². The van der Waals surface area contributed by atoms with Crippen molar-refractivity contribution in [2.45, 2.75) is 18.6 Å². The Morgan fingerprint density at radius 1 is 1.44 bits per heavy atom. The Kier molecular flexibility index (Phi) is 3.48. The number of nitro benzene ring substituents is 1. The summed E-state index contributed by atoms with van der Waals surface area (Å²) in [5.41, 5.74) is 5.14. The second kappa shape index (κ2) is 4.48. The van der Waals surface area contributed by atoms with E-state index in [2.05, 4.69) is 0 Å². The van der Waals surface area contributed by atoms with Gasteiger partial charge in [-0.15, -0.1) is 0 Å². The van der Waals surface area contributed by atoms with Crippen LogP contribution >= 0.6 is 0 Å². The monoisotopic (exact) mass is 234 g/mol. The van der Waals surface area contributed by atoms with Gasteiger partial charge >= 0.3 is 6.18 Å². The molecule has 0 aliphatic carbocycles. The molecule has 0 unspecified atom stereocenters. The predicted octanol–water partition coefficient (Wildman–Crippen LogP) is 2.55. The minimum absolute atomic E-state index is 0.103. The van der Waals surface area contributed by atoms with E-state index in [0.29, 0.717) is 0 Å². The lowest BCUT2D eigenvalue weighted by atomic mass is 10.0. The smallest absolute Gasteiger partial charge is 0.324 e. The molecule has 1 aromatic rings. The highest BCUT2D eigenvalue weighted by molar-refractivity contribution is 5.35. The minimum atomic E-state index is -4.38. The van der Waals surface area contributed by atoms with Crippen LogP contribution in [0.3, 0.4) is 0 Å². The van der Waals surface area contributed by atoms with E-state index < -0.39 is 23.6 Å². The molecule has 0 aliphatic rings. The fraction of sp³-hybridized carbons (Fsp3) is 0.333. The van der Waals surface area contributed by atoms with Crippen LogP contribution in [0.2, 0.25) is 0 Å². The lowest BCUT2D eigenvalue weighted by Gasteiger charge is -2.13. The summed E-state index contributed by atoms with van der Waals surface area (Å²) in [6.07, 6.45) is -5.59. The molecule has 0 saturated heterocycles. The Morgan fingerprint density at radius 2 is 2.06 bits per heavy atom. The zero-order chi connectivity index (χ0) is 12.3. The molecule has 0 bridgehead atoms. The quantitative estimate of drug-likeness (QED) is 0.645. The third-order valence-electron chi connectivity index (χ3n) is 1.96. The SMILES string of the molecule is N[C@@H](CC(F)(F)F)c1cccc([N+](=O)[O-])c1. The molecule has 1 atom stereocenters. The third-order valence-corrected chi connectivity index (χ3v) is 1.96. The van der Waals surface area contributed by atoms with Crippen molar-refractivity contribution in [2.75, 3.05) is 0 Å². The highest BCUT2D eigenvalue weighted by Gasteiger charge is 2.31. The van der Waals surface area contributed by atoms with E-state index in [4.69, 9.17) is 5.73 Å². The third kappa shape index (κ3) is 3.50. The molecule has 0 heterocycles. The van der Waals surface area contributed by atoms with Gasteiger partial charge in [-0.05, 0) is 5.56 Å². The molecule has 1 aromatic carbocycles. The first-order valence-corrected chi connectivity index (χ1v) is 4.36. The highest BCUT2D eigenvalue weighted by atomic mass is 19.4. The summed E-state index contributed by atoms with van der Waals surface area (Å²) < 4.78 is 36.1. The van der Waals surface area contributed by atoms with Crippen LogP contribution in [0.15, 0.2) is 24.3 Å². The zero-order valence-electron chi connectivity index (χ0n) is 8.07. The van der Waals surface area contributed by atoms with Crippen molar-refractivity contribution in [1.82, 2.24) is 0 Å². The number of hydrogen-bond donors (Lipinski definition) is 1. The summed E-state index contributed by atoms with van der Waals surface area (Å²) in [7, 11) is 0. The molecular weight excluding hydrogens is 225 g/mol. The average molecular weight is 234 g/mol. The zero-order valence-corrected chi connectivity index (χ0v) is 8.07. The van der Waals surface area contributed by atoms with Crippen molar-refractivity contribution < 1.29 is 18.1 Å². The van der Waals surface area contributed by atoms with Crippen molar-refractivity contribution in [1.29, 1.82) is 0 Å². The Balaban J connectivity index is 2.87. The van der Waals surface area contributed by atoms with E-state index in [-0.39, 0.29) is 11.3 Å². The van der Waals surface area contributed by atoms with Crippen molar-refractivity contribution in [3.05, 3.63) is 39.9 Å². The molecule has 0 saturated carbocycles. The molecule has 0 aromatic heterocycles. The second-order valence-corrected chi connectivity index (χ2v) is 3.28. The molecule has 88 valence electrons.